The van der Waals surface area contributed by atoms with Crippen LogP contribution in [-0.4, -0.2) is 21.3 Å². The highest BCUT2D eigenvalue weighted by Crippen LogP contribution is 2.33. The van der Waals surface area contributed by atoms with Crippen LogP contribution in [0.2, 0.25) is 0 Å². The normalized spacial score (nSPS) is 22.3. The number of hydrogen-bond acceptors (Lipinski definition) is 4. The molecule has 6 heteroatoms. The van der Waals surface area contributed by atoms with Gasteiger partial charge in [-0.1, -0.05) is 25.1 Å². The number of hydrogen-bond donors (Lipinski definition) is 2. The lowest BCUT2D eigenvalue weighted by Gasteiger charge is -2.30. The molecule has 1 aliphatic rings. The smallest absolute Gasteiger partial charge is 0.241 e. The van der Waals surface area contributed by atoms with Gasteiger partial charge in [-0.15, -0.1) is 5.10 Å². The van der Waals surface area contributed by atoms with Gasteiger partial charge in [0.25, 0.3) is 0 Å². The van der Waals surface area contributed by atoms with E-state index in [0.717, 1.165) is 6.54 Å². The van der Waals surface area contributed by atoms with Gasteiger partial charge in [0.1, 0.15) is 5.82 Å². The van der Waals surface area contributed by atoms with Gasteiger partial charge in [0.2, 0.25) is 11.9 Å². The van der Waals surface area contributed by atoms with Gasteiger partial charge in [-0.05, 0) is 6.07 Å². The first kappa shape index (κ1) is 11.0. The zero-order chi connectivity index (χ0) is 12.7. The number of nitrogen functional groups attached to an aromatic ring is 1. The largest absolute Gasteiger partial charge is 0.366 e. The maximum absolute atomic E-state index is 13.9. The lowest BCUT2D eigenvalue weighted by molar-refractivity contribution is 0.360. The average molecular weight is 247 g/mol. The monoisotopic (exact) mass is 247 g/mol. The summed E-state index contributed by atoms with van der Waals surface area (Å²) in [5.41, 5.74) is 6.23. The second kappa shape index (κ2) is 3.97. The fourth-order valence-corrected chi connectivity index (χ4v) is 2.41. The van der Waals surface area contributed by atoms with E-state index in [1.165, 1.54) is 6.07 Å². The van der Waals surface area contributed by atoms with Crippen LogP contribution in [0.3, 0.4) is 0 Å². The van der Waals surface area contributed by atoms with Gasteiger partial charge < -0.3 is 11.1 Å². The van der Waals surface area contributed by atoms with Crippen molar-refractivity contribution in [2.24, 2.45) is 5.92 Å². The summed E-state index contributed by atoms with van der Waals surface area (Å²) in [7, 11) is 0. The van der Waals surface area contributed by atoms with Gasteiger partial charge in [0.05, 0.1) is 6.04 Å². The number of anilines is 2. The molecule has 0 saturated heterocycles. The van der Waals surface area contributed by atoms with Gasteiger partial charge in [-0.25, -0.2) is 9.07 Å². The van der Waals surface area contributed by atoms with Crippen LogP contribution >= 0.6 is 0 Å². The van der Waals surface area contributed by atoms with Crippen molar-refractivity contribution in [2.75, 3.05) is 17.6 Å². The molecule has 1 aromatic carbocycles. The van der Waals surface area contributed by atoms with Gasteiger partial charge in [0, 0.05) is 18.0 Å². The summed E-state index contributed by atoms with van der Waals surface area (Å²) in [4.78, 5) is 4.09. The second-order valence-electron chi connectivity index (χ2n) is 4.56. The van der Waals surface area contributed by atoms with E-state index < -0.39 is 0 Å². The quantitative estimate of drug-likeness (QED) is 0.804. The van der Waals surface area contributed by atoms with E-state index in [0.29, 0.717) is 11.5 Å². The van der Waals surface area contributed by atoms with Crippen LogP contribution in [-0.2, 0) is 0 Å². The van der Waals surface area contributed by atoms with Gasteiger partial charge in [-0.3, -0.25) is 0 Å². The molecule has 2 heterocycles. The number of benzene rings is 1. The highest BCUT2D eigenvalue weighted by atomic mass is 19.1. The topological polar surface area (TPSA) is 68.8 Å². The van der Waals surface area contributed by atoms with E-state index in [2.05, 4.69) is 15.4 Å². The summed E-state index contributed by atoms with van der Waals surface area (Å²) in [6.45, 7) is 2.77. The van der Waals surface area contributed by atoms with E-state index in [1.54, 1.807) is 16.8 Å². The number of aromatic nitrogens is 3. The van der Waals surface area contributed by atoms with Crippen molar-refractivity contribution >= 4 is 11.9 Å². The Kier molecular flexibility index (Phi) is 2.43. The summed E-state index contributed by atoms with van der Waals surface area (Å²) in [5.74, 6) is 0.776. The molecule has 2 atom stereocenters. The standard InChI is InChI=1S/C12H14FN5/c1-7-6-15-12-16-11(14)17-18(12)10(7)8-4-2-3-5-9(8)13/h2-5,7,10H,6H2,1H3,(H3,14,15,16,17). The summed E-state index contributed by atoms with van der Waals surface area (Å²) < 4.78 is 15.6. The summed E-state index contributed by atoms with van der Waals surface area (Å²) in [6.07, 6.45) is 0. The molecular weight excluding hydrogens is 233 g/mol. The van der Waals surface area contributed by atoms with Gasteiger partial charge >= 0.3 is 0 Å². The molecule has 3 rings (SSSR count). The Hall–Kier alpha value is -2.11. The molecule has 0 radical (unpaired) electrons. The Morgan fingerprint density at radius 1 is 1.44 bits per heavy atom. The number of halogens is 1. The molecule has 0 spiro atoms. The molecule has 0 amide bonds. The van der Waals surface area contributed by atoms with Crippen molar-refractivity contribution in [2.45, 2.75) is 13.0 Å². The predicted octanol–water partition coefficient (Wildman–Crippen LogP) is 1.65. The van der Waals surface area contributed by atoms with Crippen LogP contribution < -0.4 is 11.1 Å². The van der Waals surface area contributed by atoms with E-state index in [-0.39, 0.29) is 23.7 Å². The van der Waals surface area contributed by atoms with E-state index in [4.69, 9.17) is 5.73 Å². The maximum Gasteiger partial charge on any atom is 0.241 e. The maximum atomic E-state index is 13.9. The average Bonchev–Trinajstić information content (AvgIpc) is 2.71. The second-order valence-corrected chi connectivity index (χ2v) is 4.56. The molecule has 18 heavy (non-hydrogen) atoms. The minimum absolute atomic E-state index is 0.174. The molecule has 2 unspecified atom stereocenters. The SMILES string of the molecule is CC1CNc2nc(N)nn2C1c1ccccc1F. The van der Waals surface area contributed by atoms with Crippen LogP contribution in [0.1, 0.15) is 18.5 Å². The first-order valence-corrected chi connectivity index (χ1v) is 5.87. The molecule has 0 saturated carbocycles. The minimum Gasteiger partial charge on any atom is -0.366 e. The van der Waals surface area contributed by atoms with Crippen LogP contribution in [0, 0.1) is 11.7 Å². The highest BCUT2D eigenvalue weighted by molar-refractivity contribution is 5.38. The summed E-state index contributed by atoms with van der Waals surface area (Å²) in [5, 5.41) is 7.29. The molecule has 0 fully saturated rings. The number of nitrogens with one attached hydrogen (secondary N) is 1. The van der Waals surface area contributed by atoms with Crippen molar-refractivity contribution < 1.29 is 4.39 Å². The van der Waals surface area contributed by atoms with Crippen LogP contribution in [0.25, 0.3) is 0 Å². The Morgan fingerprint density at radius 3 is 3.00 bits per heavy atom. The molecule has 0 bridgehead atoms. The zero-order valence-corrected chi connectivity index (χ0v) is 9.97. The zero-order valence-electron chi connectivity index (χ0n) is 9.97. The first-order valence-electron chi connectivity index (χ1n) is 5.87. The molecule has 0 aliphatic carbocycles. The fraction of sp³-hybridized carbons (Fsp3) is 0.333. The number of rotatable bonds is 1. The van der Waals surface area contributed by atoms with E-state index in [1.807, 2.05) is 13.0 Å². The predicted molar refractivity (Wildman–Crippen MR) is 66.6 cm³/mol. The summed E-state index contributed by atoms with van der Waals surface area (Å²) >= 11 is 0. The van der Waals surface area contributed by atoms with Crippen molar-refractivity contribution in [3.63, 3.8) is 0 Å². The highest BCUT2D eigenvalue weighted by Gasteiger charge is 2.31. The van der Waals surface area contributed by atoms with Crippen molar-refractivity contribution in [1.82, 2.24) is 14.8 Å². The summed E-state index contributed by atoms with van der Waals surface area (Å²) in [6, 6.07) is 6.58. The fourth-order valence-electron chi connectivity index (χ4n) is 2.41. The Bertz CT molecular complexity index is 580. The van der Waals surface area contributed by atoms with E-state index >= 15 is 0 Å². The third-order valence-electron chi connectivity index (χ3n) is 3.26. The minimum atomic E-state index is -0.226. The van der Waals surface area contributed by atoms with Crippen LogP contribution in [0.5, 0.6) is 0 Å². The van der Waals surface area contributed by atoms with Crippen LogP contribution in [0.4, 0.5) is 16.3 Å². The van der Waals surface area contributed by atoms with Crippen molar-refractivity contribution in [3.05, 3.63) is 35.6 Å². The van der Waals surface area contributed by atoms with Gasteiger partial charge in [0.15, 0.2) is 0 Å². The molecule has 2 aromatic rings. The molecule has 5 nitrogen and oxygen atoms in total. The lowest BCUT2D eigenvalue weighted by atomic mass is 9.93. The van der Waals surface area contributed by atoms with E-state index in [9.17, 15) is 4.39 Å². The molecule has 1 aromatic heterocycles. The third kappa shape index (κ3) is 1.61. The third-order valence-corrected chi connectivity index (χ3v) is 3.26. The molecule has 3 N–H and O–H groups in total. The molecule has 94 valence electrons. The first-order chi connectivity index (χ1) is 8.66. The number of fused-ring (bicyclic) bond motifs is 1. The molecule has 1 aliphatic heterocycles. The van der Waals surface area contributed by atoms with Crippen molar-refractivity contribution in [1.29, 1.82) is 0 Å². The Labute approximate surface area is 104 Å². The van der Waals surface area contributed by atoms with Crippen LogP contribution in [0.15, 0.2) is 24.3 Å². The van der Waals surface area contributed by atoms with Crippen molar-refractivity contribution in [3.8, 4) is 0 Å². The molecular formula is C12H14FN5. The number of nitrogens with two attached hydrogens (primary N) is 1. The Morgan fingerprint density at radius 2 is 2.22 bits per heavy atom. The lowest BCUT2D eigenvalue weighted by Crippen LogP contribution is -2.32. The Balaban J connectivity index is 2.13. The van der Waals surface area contributed by atoms with Gasteiger partial charge in [-0.2, -0.15) is 4.98 Å². The number of nitrogens with zero attached hydrogens (tertiary/aromatic N) is 3.